The van der Waals surface area contributed by atoms with E-state index in [1.165, 1.54) is 0 Å². The van der Waals surface area contributed by atoms with Crippen molar-refractivity contribution in [1.29, 1.82) is 0 Å². The molecule has 8 heteroatoms. The van der Waals surface area contributed by atoms with E-state index >= 15 is 0 Å². The van der Waals surface area contributed by atoms with E-state index in [9.17, 15) is 0 Å². The number of fused-ring (bicyclic) bond motifs is 1. The fraction of sp³-hybridized carbons (Fsp3) is 0.583. The number of hydrogen-bond acceptors (Lipinski definition) is 7. The third-order valence-corrected chi connectivity index (χ3v) is 2.97. The van der Waals surface area contributed by atoms with Crippen LogP contribution in [0.15, 0.2) is 6.33 Å². The standard InChI is InChI=1S/C12H21N7O/c1-13-12-17-10(9-11(18-12)16-8-15-9)14-4-5-19(2)6-7-20-3/h8H,4-7H2,1-3H3,(H3,13,14,15,16,17,18). The number of nitrogens with one attached hydrogen (secondary N) is 3. The fourth-order valence-electron chi connectivity index (χ4n) is 1.80. The molecule has 0 amide bonds. The summed E-state index contributed by atoms with van der Waals surface area (Å²) in [4.78, 5) is 18.1. The van der Waals surface area contributed by atoms with Gasteiger partial charge in [-0.2, -0.15) is 9.97 Å². The Bertz CT molecular complexity index is 542. The molecule has 0 aliphatic rings. The molecule has 3 N–H and O–H groups in total. The van der Waals surface area contributed by atoms with Crippen LogP contribution in [0.4, 0.5) is 11.8 Å². The lowest BCUT2D eigenvalue weighted by atomic mass is 10.4. The molecule has 20 heavy (non-hydrogen) atoms. The van der Waals surface area contributed by atoms with E-state index in [4.69, 9.17) is 4.74 Å². The molecule has 0 spiro atoms. The van der Waals surface area contributed by atoms with Crippen LogP contribution in [0.3, 0.4) is 0 Å². The number of likely N-dealkylation sites (N-methyl/N-ethyl adjacent to an activating group) is 1. The van der Waals surface area contributed by atoms with Crippen LogP contribution in [0.2, 0.25) is 0 Å². The summed E-state index contributed by atoms with van der Waals surface area (Å²) in [5.41, 5.74) is 1.48. The molecule has 8 nitrogen and oxygen atoms in total. The summed E-state index contributed by atoms with van der Waals surface area (Å²) >= 11 is 0. The molecule has 0 aliphatic heterocycles. The molecule has 110 valence electrons. The maximum absolute atomic E-state index is 5.05. The molecule has 2 aromatic heterocycles. The molecule has 2 aromatic rings. The van der Waals surface area contributed by atoms with Gasteiger partial charge in [0.05, 0.1) is 12.9 Å². The van der Waals surface area contributed by atoms with Crippen molar-refractivity contribution in [2.75, 3.05) is 58.1 Å². The number of rotatable bonds is 8. The Kier molecular flexibility index (Phi) is 5.08. The van der Waals surface area contributed by atoms with Gasteiger partial charge in [0, 0.05) is 33.8 Å². The molecule has 0 aromatic carbocycles. The first-order chi connectivity index (χ1) is 9.74. The average Bonchev–Trinajstić information content (AvgIpc) is 2.93. The second-order valence-electron chi connectivity index (χ2n) is 4.47. The summed E-state index contributed by atoms with van der Waals surface area (Å²) in [6.07, 6.45) is 1.62. The van der Waals surface area contributed by atoms with Crippen LogP contribution in [0.25, 0.3) is 11.2 Å². The highest BCUT2D eigenvalue weighted by atomic mass is 16.5. The summed E-state index contributed by atoms with van der Waals surface area (Å²) in [6, 6.07) is 0. The van der Waals surface area contributed by atoms with E-state index in [0.717, 1.165) is 37.6 Å². The predicted octanol–water partition coefficient (Wildman–Crippen LogP) is 0.385. The summed E-state index contributed by atoms with van der Waals surface area (Å²) in [6.45, 7) is 3.33. The zero-order chi connectivity index (χ0) is 14.4. The molecule has 0 radical (unpaired) electrons. The Morgan fingerprint density at radius 1 is 1.35 bits per heavy atom. The number of imidazole rings is 1. The Morgan fingerprint density at radius 3 is 2.95 bits per heavy atom. The first kappa shape index (κ1) is 14.5. The minimum absolute atomic E-state index is 0.555. The zero-order valence-corrected chi connectivity index (χ0v) is 12.1. The van der Waals surface area contributed by atoms with Crippen molar-refractivity contribution in [2.45, 2.75) is 0 Å². The van der Waals surface area contributed by atoms with E-state index < -0.39 is 0 Å². The summed E-state index contributed by atoms with van der Waals surface area (Å²) in [7, 11) is 5.56. The van der Waals surface area contributed by atoms with Crippen LogP contribution in [0, 0.1) is 0 Å². The Labute approximate surface area is 118 Å². The van der Waals surface area contributed by atoms with Gasteiger partial charge in [0.15, 0.2) is 11.5 Å². The number of methoxy groups -OCH3 is 1. The molecule has 2 rings (SSSR count). The maximum atomic E-state index is 5.05. The maximum Gasteiger partial charge on any atom is 0.226 e. The van der Waals surface area contributed by atoms with Crippen LogP contribution < -0.4 is 10.6 Å². The lowest BCUT2D eigenvalue weighted by molar-refractivity contribution is 0.163. The highest BCUT2D eigenvalue weighted by molar-refractivity contribution is 5.83. The first-order valence-corrected chi connectivity index (χ1v) is 6.55. The van der Waals surface area contributed by atoms with Crippen LogP contribution >= 0.6 is 0 Å². The minimum Gasteiger partial charge on any atom is -0.383 e. The van der Waals surface area contributed by atoms with Crippen molar-refractivity contribution < 1.29 is 4.74 Å². The van der Waals surface area contributed by atoms with Gasteiger partial charge in [-0.1, -0.05) is 0 Å². The van der Waals surface area contributed by atoms with Crippen molar-refractivity contribution >= 4 is 22.9 Å². The number of hydrogen-bond donors (Lipinski definition) is 3. The summed E-state index contributed by atoms with van der Waals surface area (Å²) in [5, 5.41) is 6.24. The average molecular weight is 279 g/mol. The Balaban J connectivity index is 1.96. The van der Waals surface area contributed by atoms with E-state index in [2.05, 4.69) is 42.5 Å². The van der Waals surface area contributed by atoms with Gasteiger partial charge < -0.3 is 25.3 Å². The van der Waals surface area contributed by atoms with Gasteiger partial charge in [0.2, 0.25) is 5.95 Å². The molecule has 0 atom stereocenters. The van der Waals surface area contributed by atoms with Gasteiger partial charge in [-0.3, -0.25) is 0 Å². The lowest BCUT2D eigenvalue weighted by Gasteiger charge is -2.16. The molecule has 0 fully saturated rings. The number of H-pyrrole nitrogens is 1. The normalized spacial score (nSPS) is 11.2. The van der Waals surface area contributed by atoms with E-state index in [0.29, 0.717) is 11.6 Å². The van der Waals surface area contributed by atoms with Gasteiger partial charge >= 0.3 is 0 Å². The summed E-state index contributed by atoms with van der Waals surface area (Å²) < 4.78 is 5.05. The van der Waals surface area contributed by atoms with E-state index in [1.807, 2.05) is 0 Å². The fourth-order valence-corrected chi connectivity index (χ4v) is 1.80. The monoisotopic (exact) mass is 279 g/mol. The smallest absolute Gasteiger partial charge is 0.226 e. The van der Waals surface area contributed by atoms with Crippen LogP contribution in [-0.4, -0.2) is 72.3 Å². The lowest BCUT2D eigenvalue weighted by Crippen LogP contribution is -2.28. The second kappa shape index (κ2) is 7.01. The predicted molar refractivity (Wildman–Crippen MR) is 79.1 cm³/mol. The molecular formula is C12H21N7O. The SMILES string of the molecule is CNc1nc(NCCN(C)CCOC)c2[nH]cnc2n1. The number of aromatic nitrogens is 4. The third kappa shape index (κ3) is 3.55. The van der Waals surface area contributed by atoms with Gasteiger partial charge in [-0.05, 0) is 7.05 Å². The molecular weight excluding hydrogens is 258 g/mol. The molecule has 0 aliphatic carbocycles. The molecule has 0 saturated carbocycles. The van der Waals surface area contributed by atoms with Gasteiger partial charge in [0.1, 0.15) is 5.52 Å². The number of ether oxygens (including phenoxy) is 1. The molecule has 0 saturated heterocycles. The number of anilines is 2. The quantitative estimate of drug-likeness (QED) is 0.643. The molecule has 0 unspecified atom stereocenters. The van der Waals surface area contributed by atoms with Gasteiger partial charge in [0.25, 0.3) is 0 Å². The van der Waals surface area contributed by atoms with Crippen LogP contribution in [0.5, 0.6) is 0 Å². The van der Waals surface area contributed by atoms with Crippen molar-refractivity contribution in [3.05, 3.63) is 6.33 Å². The zero-order valence-electron chi connectivity index (χ0n) is 12.1. The van der Waals surface area contributed by atoms with Gasteiger partial charge in [-0.25, -0.2) is 4.98 Å². The number of nitrogens with zero attached hydrogens (tertiary/aromatic N) is 4. The van der Waals surface area contributed by atoms with Crippen molar-refractivity contribution in [3.8, 4) is 0 Å². The molecule has 0 bridgehead atoms. The highest BCUT2D eigenvalue weighted by Gasteiger charge is 2.09. The Hall–Kier alpha value is -1.93. The van der Waals surface area contributed by atoms with E-state index in [-0.39, 0.29) is 0 Å². The van der Waals surface area contributed by atoms with E-state index in [1.54, 1.807) is 20.5 Å². The van der Waals surface area contributed by atoms with Crippen molar-refractivity contribution in [2.24, 2.45) is 0 Å². The minimum atomic E-state index is 0.555. The number of aromatic amines is 1. The second-order valence-corrected chi connectivity index (χ2v) is 4.47. The topological polar surface area (TPSA) is 91.0 Å². The molecule has 2 heterocycles. The highest BCUT2D eigenvalue weighted by Crippen LogP contribution is 2.17. The largest absolute Gasteiger partial charge is 0.383 e. The van der Waals surface area contributed by atoms with Crippen LogP contribution in [-0.2, 0) is 4.74 Å². The van der Waals surface area contributed by atoms with Gasteiger partial charge in [-0.15, -0.1) is 0 Å². The van der Waals surface area contributed by atoms with Crippen molar-refractivity contribution in [1.82, 2.24) is 24.8 Å². The summed E-state index contributed by atoms with van der Waals surface area (Å²) in [5.74, 6) is 1.32. The first-order valence-electron chi connectivity index (χ1n) is 6.55. The third-order valence-electron chi connectivity index (χ3n) is 2.97. The van der Waals surface area contributed by atoms with Crippen molar-refractivity contribution in [3.63, 3.8) is 0 Å². The Morgan fingerprint density at radius 2 is 2.20 bits per heavy atom. The van der Waals surface area contributed by atoms with Crippen LogP contribution in [0.1, 0.15) is 0 Å².